The van der Waals surface area contributed by atoms with Crippen LogP contribution in [0.3, 0.4) is 0 Å². The Morgan fingerprint density at radius 1 is 1.33 bits per heavy atom. The van der Waals surface area contributed by atoms with Gasteiger partial charge in [0.1, 0.15) is 6.10 Å². The molecule has 0 aliphatic rings. The molecule has 18 heavy (non-hydrogen) atoms. The molecule has 0 bridgehead atoms. The number of hydrogen-bond donors (Lipinski definition) is 3. The van der Waals surface area contributed by atoms with E-state index in [0.717, 1.165) is 30.5 Å². The predicted molar refractivity (Wildman–Crippen MR) is 68.3 cm³/mol. The maximum Gasteiger partial charge on any atom is 0.323 e. The number of aliphatic hydroxyl groups is 1. The largest absolute Gasteiger partial charge is 0.382 e. The number of unbranched alkanes of at least 4 members (excludes halogenated alkanes) is 1. The highest BCUT2D eigenvalue weighted by Crippen LogP contribution is 2.21. The fourth-order valence-electron chi connectivity index (χ4n) is 1.93. The van der Waals surface area contributed by atoms with E-state index in [9.17, 15) is 9.90 Å². The summed E-state index contributed by atoms with van der Waals surface area (Å²) in [5.74, 6) is 0. The molecule has 1 unspecified atom stereocenters. The number of imidazole rings is 1. The van der Waals surface area contributed by atoms with E-state index in [2.05, 4.69) is 21.9 Å². The number of pyridine rings is 1. The van der Waals surface area contributed by atoms with Gasteiger partial charge in [-0.05, 0) is 30.5 Å². The number of nitrogens with one attached hydrogen (secondary N) is 2. The van der Waals surface area contributed by atoms with Crippen LogP contribution < -0.4 is 5.69 Å². The summed E-state index contributed by atoms with van der Waals surface area (Å²) < 4.78 is 0. The number of H-pyrrole nitrogens is 2. The normalized spacial score (nSPS) is 12.6. The lowest BCUT2D eigenvalue weighted by Gasteiger charge is -2.10. The van der Waals surface area contributed by atoms with E-state index in [0.29, 0.717) is 5.69 Å². The topological polar surface area (TPSA) is 81.8 Å². The number of aryl methyl sites for hydroxylation is 1. The molecule has 3 N–H and O–H groups in total. The molecule has 2 aromatic rings. The van der Waals surface area contributed by atoms with Crippen LogP contribution in [0.2, 0.25) is 0 Å². The van der Waals surface area contributed by atoms with Crippen LogP contribution in [-0.4, -0.2) is 20.1 Å². The summed E-state index contributed by atoms with van der Waals surface area (Å²) in [5.41, 5.74) is 1.79. The highest BCUT2D eigenvalue weighted by Gasteiger charge is 2.17. The molecule has 5 heteroatoms. The third-order valence-electron chi connectivity index (χ3n) is 2.91. The number of aromatic nitrogens is 3. The molecule has 0 amide bonds. The Morgan fingerprint density at radius 2 is 2.06 bits per heavy atom. The van der Waals surface area contributed by atoms with Crippen LogP contribution in [0.25, 0.3) is 0 Å². The minimum absolute atomic E-state index is 0.274. The van der Waals surface area contributed by atoms with Crippen molar-refractivity contribution in [3.05, 3.63) is 52.0 Å². The van der Waals surface area contributed by atoms with Gasteiger partial charge in [0, 0.05) is 18.1 Å². The van der Waals surface area contributed by atoms with Crippen LogP contribution in [0.4, 0.5) is 0 Å². The van der Waals surface area contributed by atoms with Gasteiger partial charge in [0.25, 0.3) is 0 Å². The molecule has 0 aliphatic carbocycles. The molecule has 2 heterocycles. The van der Waals surface area contributed by atoms with Crippen molar-refractivity contribution in [2.75, 3.05) is 0 Å². The first kappa shape index (κ1) is 12.6. The minimum Gasteiger partial charge on any atom is -0.382 e. The van der Waals surface area contributed by atoms with Crippen LogP contribution in [0, 0.1) is 0 Å². The van der Waals surface area contributed by atoms with Crippen LogP contribution >= 0.6 is 0 Å². The third-order valence-corrected chi connectivity index (χ3v) is 2.91. The predicted octanol–water partition coefficient (Wildman–Crippen LogP) is 1.52. The zero-order valence-corrected chi connectivity index (χ0v) is 10.3. The fraction of sp³-hybridized carbons (Fsp3) is 0.385. The standard InChI is InChI=1S/C13H17N3O2/c1-2-3-4-10-11(16-13(18)15-10)12(17)9-5-7-14-8-6-9/h5-8,12,17H,2-4H2,1H3,(H2,15,16,18). The summed E-state index contributed by atoms with van der Waals surface area (Å²) >= 11 is 0. The third kappa shape index (κ3) is 2.68. The molecule has 0 saturated carbocycles. The van der Waals surface area contributed by atoms with Gasteiger partial charge in [-0.3, -0.25) is 4.98 Å². The van der Waals surface area contributed by atoms with Crippen LogP contribution in [0.15, 0.2) is 29.3 Å². The fourth-order valence-corrected chi connectivity index (χ4v) is 1.93. The average molecular weight is 247 g/mol. The van der Waals surface area contributed by atoms with Gasteiger partial charge in [0.2, 0.25) is 0 Å². The molecule has 2 aromatic heterocycles. The van der Waals surface area contributed by atoms with Crippen LogP contribution in [0.1, 0.15) is 42.8 Å². The summed E-state index contributed by atoms with van der Waals surface area (Å²) in [6.07, 6.45) is 5.19. The SMILES string of the molecule is CCCCc1[nH]c(=O)[nH]c1C(O)c1ccncc1. The second-order valence-electron chi connectivity index (χ2n) is 4.26. The monoisotopic (exact) mass is 247 g/mol. The Bertz CT molecular complexity index is 545. The summed E-state index contributed by atoms with van der Waals surface area (Å²) in [4.78, 5) is 20.7. The zero-order chi connectivity index (χ0) is 13.0. The van der Waals surface area contributed by atoms with E-state index in [1.54, 1.807) is 24.5 Å². The summed E-state index contributed by atoms with van der Waals surface area (Å²) in [7, 11) is 0. The van der Waals surface area contributed by atoms with Crippen molar-refractivity contribution in [2.24, 2.45) is 0 Å². The summed E-state index contributed by atoms with van der Waals surface area (Å²) in [6, 6.07) is 3.47. The molecule has 96 valence electrons. The molecule has 0 aliphatic heterocycles. The molecular weight excluding hydrogens is 230 g/mol. The first-order valence-electron chi connectivity index (χ1n) is 6.11. The van der Waals surface area contributed by atoms with Gasteiger partial charge in [0.05, 0.1) is 5.69 Å². The Morgan fingerprint density at radius 3 is 2.72 bits per heavy atom. The van der Waals surface area contributed by atoms with Gasteiger partial charge in [-0.1, -0.05) is 13.3 Å². The van der Waals surface area contributed by atoms with Gasteiger partial charge in [0.15, 0.2) is 0 Å². The molecule has 1 atom stereocenters. The molecule has 0 aromatic carbocycles. The van der Waals surface area contributed by atoms with Gasteiger partial charge < -0.3 is 15.1 Å². The van der Waals surface area contributed by atoms with Gasteiger partial charge >= 0.3 is 5.69 Å². The van der Waals surface area contributed by atoms with Crippen molar-refractivity contribution in [1.82, 2.24) is 15.0 Å². The number of hydrogen-bond acceptors (Lipinski definition) is 3. The number of aromatic amines is 2. The molecular formula is C13H17N3O2. The smallest absolute Gasteiger partial charge is 0.323 e. The zero-order valence-electron chi connectivity index (χ0n) is 10.3. The quantitative estimate of drug-likeness (QED) is 0.749. The van der Waals surface area contributed by atoms with E-state index in [4.69, 9.17) is 0 Å². The summed E-state index contributed by atoms with van der Waals surface area (Å²) in [5, 5.41) is 10.3. The number of aliphatic hydroxyl groups excluding tert-OH is 1. The van der Waals surface area contributed by atoms with Crippen molar-refractivity contribution in [2.45, 2.75) is 32.3 Å². The Kier molecular flexibility index (Phi) is 3.94. The van der Waals surface area contributed by atoms with Crippen molar-refractivity contribution >= 4 is 0 Å². The molecule has 0 fully saturated rings. The molecule has 0 radical (unpaired) electrons. The van der Waals surface area contributed by atoms with E-state index in [-0.39, 0.29) is 5.69 Å². The number of rotatable bonds is 5. The lowest BCUT2D eigenvalue weighted by atomic mass is 10.0. The van der Waals surface area contributed by atoms with Crippen molar-refractivity contribution in [1.29, 1.82) is 0 Å². The second kappa shape index (κ2) is 5.64. The van der Waals surface area contributed by atoms with Crippen LogP contribution in [-0.2, 0) is 6.42 Å². The van der Waals surface area contributed by atoms with Gasteiger partial charge in [-0.25, -0.2) is 4.79 Å². The lowest BCUT2D eigenvalue weighted by Crippen LogP contribution is -2.05. The Balaban J connectivity index is 2.29. The first-order chi connectivity index (χ1) is 8.72. The Hall–Kier alpha value is -1.88. The van der Waals surface area contributed by atoms with Gasteiger partial charge in [-0.15, -0.1) is 0 Å². The van der Waals surface area contributed by atoms with E-state index >= 15 is 0 Å². The molecule has 2 rings (SSSR count). The minimum atomic E-state index is -0.821. The molecule has 0 saturated heterocycles. The van der Waals surface area contributed by atoms with E-state index in [1.165, 1.54) is 0 Å². The second-order valence-corrected chi connectivity index (χ2v) is 4.26. The highest BCUT2D eigenvalue weighted by molar-refractivity contribution is 5.26. The van der Waals surface area contributed by atoms with Crippen LogP contribution in [0.5, 0.6) is 0 Å². The van der Waals surface area contributed by atoms with E-state index < -0.39 is 6.10 Å². The summed E-state index contributed by atoms with van der Waals surface area (Å²) in [6.45, 7) is 2.09. The Labute approximate surface area is 105 Å². The van der Waals surface area contributed by atoms with Crippen molar-refractivity contribution < 1.29 is 5.11 Å². The average Bonchev–Trinajstić information content (AvgIpc) is 2.77. The van der Waals surface area contributed by atoms with Gasteiger partial charge in [-0.2, -0.15) is 0 Å². The lowest BCUT2D eigenvalue weighted by molar-refractivity contribution is 0.214. The maximum absolute atomic E-state index is 11.4. The number of nitrogens with zero attached hydrogens (tertiary/aromatic N) is 1. The van der Waals surface area contributed by atoms with E-state index in [1.807, 2.05) is 0 Å². The molecule has 0 spiro atoms. The van der Waals surface area contributed by atoms with Crippen molar-refractivity contribution in [3.63, 3.8) is 0 Å². The molecule has 5 nitrogen and oxygen atoms in total. The highest BCUT2D eigenvalue weighted by atomic mass is 16.3. The van der Waals surface area contributed by atoms with Crippen molar-refractivity contribution in [3.8, 4) is 0 Å². The maximum atomic E-state index is 11.4. The first-order valence-corrected chi connectivity index (χ1v) is 6.11.